The molecule has 0 unspecified atom stereocenters. The summed E-state index contributed by atoms with van der Waals surface area (Å²) in [5.74, 6) is 0.226. The molecule has 2 atom stereocenters. The molecule has 0 aromatic carbocycles. The van der Waals surface area contributed by atoms with Crippen molar-refractivity contribution in [3.05, 3.63) is 0 Å². The van der Waals surface area contributed by atoms with Crippen LogP contribution in [0.1, 0.15) is 38.5 Å². The van der Waals surface area contributed by atoms with E-state index >= 15 is 0 Å². The number of alkyl halides is 1. The predicted molar refractivity (Wildman–Crippen MR) is 65.9 cm³/mol. The molecule has 4 fully saturated rings. The fraction of sp³-hybridized carbons (Fsp3) is 0.846. The van der Waals surface area contributed by atoms with E-state index in [-0.39, 0.29) is 17.5 Å². The van der Waals surface area contributed by atoms with Crippen molar-refractivity contribution < 1.29 is 14.3 Å². The summed E-state index contributed by atoms with van der Waals surface area (Å²) in [6.07, 6.45) is 5.68. The van der Waals surface area contributed by atoms with Crippen LogP contribution in [-0.2, 0) is 14.3 Å². The van der Waals surface area contributed by atoms with E-state index < -0.39 is 11.3 Å². The van der Waals surface area contributed by atoms with Crippen molar-refractivity contribution in [2.45, 2.75) is 43.4 Å². The Bertz CT molecular complexity index is 395. The fourth-order valence-corrected chi connectivity index (χ4v) is 5.37. The maximum Gasteiger partial charge on any atom is 0.312 e. The molecule has 100 valence electrons. The van der Waals surface area contributed by atoms with E-state index in [0.29, 0.717) is 18.3 Å². The van der Waals surface area contributed by atoms with Gasteiger partial charge in [0, 0.05) is 4.87 Å². The van der Waals surface area contributed by atoms with Gasteiger partial charge in [0.2, 0.25) is 0 Å². The lowest BCUT2D eigenvalue weighted by molar-refractivity contribution is -0.171. The molecule has 4 aliphatic rings. The van der Waals surface area contributed by atoms with Crippen LogP contribution in [0.2, 0.25) is 0 Å². The molecular weight excluding hydrogens is 254 g/mol. The molecule has 0 aromatic rings. The Kier molecular flexibility index (Phi) is 2.63. The first-order valence-corrected chi connectivity index (χ1v) is 6.93. The zero-order valence-electron chi connectivity index (χ0n) is 10.3. The summed E-state index contributed by atoms with van der Waals surface area (Å²) in [5, 5.41) is 0. The van der Waals surface area contributed by atoms with Gasteiger partial charge in [-0.25, -0.2) is 0 Å². The van der Waals surface area contributed by atoms with Crippen LogP contribution in [0.4, 0.5) is 0 Å². The SMILES string of the molecule is NC(=O)COC(=O)C12C[C@@H]3C[C@H](CC(Cl)(C3)C1)C2. The first kappa shape index (κ1) is 12.3. The molecule has 4 aliphatic carbocycles. The number of rotatable bonds is 3. The summed E-state index contributed by atoms with van der Waals surface area (Å²) < 4.78 is 5.06. The molecule has 4 nitrogen and oxygen atoms in total. The average Bonchev–Trinajstić information content (AvgIpc) is 2.22. The molecule has 4 saturated carbocycles. The Labute approximate surface area is 111 Å². The highest BCUT2D eigenvalue weighted by molar-refractivity contribution is 6.24. The fourth-order valence-electron chi connectivity index (χ4n) is 4.68. The number of primary amides is 1. The van der Waals surface area contributed by atoms with E-state index in [9.17, 15) is 9.59 Å². The molecule has 0 spiro atoms. The molecule has 0 saturated heterocycles. The minimum absolute atomic E-state index is 0.212. The van der Waals surface area contributed by atoms with Gasteiger partial charge in [0.15, 0.2) is 6.61 Å². The standard InChI is InChI=1S/C13H18ClNO3/c14-13-4-8-1-9(5-13)3-12(2-8,7-13)11(17)18-6-10(15)16/h8-9H,1-7H2,(H2,15,16)/t8-,9-,12?,13?/m0/s1. The van der Waals surface area contributed by atoms with Crippen LogP contribution < -0.4 is 5.73 Å². The third-order valence-corrected chi connectivity index (χ3v) is 5.21. The van der Waals surface area contributed by atoms with Crippen LogP contribution in [-0.4, -0.2) is 23.4 Å². The van der Waals surface area contributed by atoms with Crippen molar-refractivity contribution in [1.29, 1.82) is 0 Å². The number of carbonyl (C=O) groups excluding carboxylic acids is 2. The largest absolute Gasteiger partial charge is 0.455 e. The maximum absolute atomic E-state index is 12.3. The van der Waals surface area contributed by atoms with Gasteiger partial charge in [-0.1, -0.05) is 0 Å². The Morgan fingerprint density at radius 2 is 1.83 bits per heavy atom. The van der Waals surface area contributed by atoms with Gasteiger partial charge >= 0.3 is 5.97 Å². The Morgan fingerprint density at radius 1 is 1.22 bits per heavy atom. The highest BCUT2D eigenvalue weighted by atomic mass is 35.5. The molecular formula is C13H18ClNO3. The van der Waals surface area contributed by atoms with Gasteiger partial charge < -0.3 is 10.5 Å². The molecule has 2 N–H and O–H groups in total. The topological polar surface area (TPSA) is 69.4 Å². The first-order chi connectivity index (χ1) is 8.41. The first-order valence-electron chi connectivity index (χ1n) is 6.55. The second-order valence-electron chi connectivity index (χ2n) is 6.43. The van der Waals surface area contributed by atoms with Gasteiger partial charge in [-0.3, -0.25) is 9.59 Å². The summed E-state index contributed by atoms with van der Waals surface area (Å²) in [7, 11) is 0. The number of carbonyl (C=O) groups is 2. The van der Waals surface area contributed by atoms with Crippen LogP contribution in [0, 0.1) is 17.3 Å². The Balaban J connectivity index is 1.78. The van der Waals surface area contributed by atoms with Crippen LogP contribution in [0.25, 0.3) is 0 Å². The number of hydrogen-bond donors (Lipinski definition) is 1. The van der Waals surface area contributed by atoms with Crippen LogP contribution in [0.5, 0.6) is 0 Å². The Hall–Kier alpha value is -0.770. The summed E-state index contributed by atoms with van der Waals surface area (Å²) in [6.45, 7) is -0.314. The summed E-state index contributed by atoms with van der Waals surface area (Å²) in [5.41, 5.74) is 4.57. The maximum atomic E-state index is 12.3. The molecule has 4 bridgehead atoms. The molecule has 5 heteroatoms. The van der Waals surface area contributed by atoms with Gasteiger partial charge in [-0.15, -0.1) is 11.6 Å². The van der Waals surface area contributed by atoms with Crippen molar-refractivity contribution in [3.63, 3.8) is 0 Å². The lowest BCUT2D eigenvalue weighted by Crippen LogP contribution is -2.56. The predicted octanol–water partition coefficient (Wildman–Crippen LogP) is 1.59. The van der Waals surface area contributed by atoms with Gasteiger partial charge in [0.1, 0.15) is 0 Å². The van der Waals surface area contributed by atoms with Crippen molar-refractivity contribution in [3.8, 4) is 0 Å². The molecule has 1 amide bonds. The van der Waals surface area contributed by atoms with E-state index in [1.54, 1.807) is 0 Å². The third kappa shape index (κ3) is 1.91. The zero-order valence-corrected chi connectivity index (χ0v) is 11.0. The second-order valence-corrected chi connectivity index (χ2v) is 7.24. The van der Waals surface area contributed by atoms with E-state index in [1.807, 2.05) is 0 Å². The third-order valence-electron chi connectivity index (χ3n) is 4.77. The number of ether oxygens (including phenoxy) is 1. The number of esters is 1. The van der Waals surface area contributed by atoms with Crippen LogP contribution in [0.3, 0.4) is 0 Å². The van der Waals surface area contributed by atoms with Crippen molar-refractivity contribution >= 4 is 23.5 Å². The lowest BCUT2D eigenvalue weighted by Gasteiger charge is -2.58. The number of hydrogen-bond acceptors (Lipinski definition) is 3. The monoisotopic (exact) mass is 271 g/mol. The van der Waals surface area contributed by atoms with E-state index in [0.717, 1.165) is 25.7 Å². The number of halogens is 1. The molecule has 0 radical (unpaired) electrons. The lowest BCUT2D eigenvalue weighted by atomic mass is 9.49. The van der Waals surface area contributed by atoms with Crippen molar-refractivity contribution in [2.24, 2.45) is 23.0 Å². The van der Waals surface area contributed by atoms with Crippen molar-refractivity contribution in [1.82, 2.24) is 0 Å². The smallest absolute Gasteiger partial charge is 0.312 e. The van der Waals surface area contributed by atoms with Crippen LogP contribution in [0.15, 0.2) is 0 Å². The summed E-state index contributed by atoms with van der Waals surface area (Å²) in [4.78, 5) is 22.8. The molecule has 0 aromatic heterocycles. The zero-order chi connectivity index (χ0) is 13.0. The summed E-state index contributed by atoms with van der Waals surface area (Å²) >= 11 is 6.63. The highest BCUT2D eigenvalue weighted by Gasteiger charge is 2.60. The summed E-state index contributed by atoms with van der Waals surface area (Å²) in [6, 6.07) is 0. The number of nitrogens with two attached hydrogens (primary N) is 1. The van der Waals surface area contributed by atoms with E-state index in [1.165, 1.54) is 6.42 Å². The minimum Gasteiger partial charge on any atom is -0.455 e. The minimum atomic E-state index is -0.603. The van der Waals surface area contributed by atoms with Crippen molar-refractivity contribution in [2.75, 3.05) is 6.61 Å². The molecule has 18 heavy (non-hydrogen) atoms. The Morgan fingerprint density at radius 3 is 2.33 bits per heavy atom. The molecule has 4 rings (SSSR count). The molecule has 0 heterocycles. The van der Waals surface area contributed by atoms with Gasteiger partial charge in [0.25, 0.3) is 5.91 Å². The van der Waals surface area contributed by atoms with Gasteiger partial charge in [0.05, 0.1) is 5.41 Å². The molecule has 0 aliphatic heterocycles. The van der Waals surface area contributed by atoms with Gasteiger partial charge in [-0.05, 0) is 50.4 Å². The van der Waals surface area contributed by atoms with Gasteiger partial charge in [-0.2, -0.15) is 0 Å². The van der Waals surface area contributed by atoms with Crippen LogP contribution >= 0.6 is 11.6 Å². The second kappa shape index (κ2) is 3.86. The highest BCUT2D eigenvalue weighted by Crippen LogP contribution is 2.64. The normalized spacial score (nSPS) is 44.9. The number of amides is 1. The average molecular weight is 272 g/mol. The quantitative estimate of drug-likeness (QED) is 0.626. The van der Waals surface area contributed by atoms with E-state index in [4.69, 9.17) is 22.1 Å². The van der Waals surface area contributed by atoms with E-state index in [2.05, 4.69) is 0 Å².